The standard InChI is InChI=1S/C11H15NO.ClH/c1-8-2-4-9(5-3-8)11-10(13)6-7-12-11;/h2-5,10-13H,6-7H2,1H3;1H. The van der Waals surface area contributed by atoms with E-state index in [4.69, 9.17) is 0 Å². The van der Waals surface area contributed by atoms with E-state index in [1.165, 1.54) is 11.1 Å². The lowest BCUT2D eigenvalue weighted by molar-refractivity contribution is 0.160. The second kappa shape index (κ2) is 4.78. The first-order chi connectivity index (χ1) is 6.27. The highest BCUT2D eigenvalue weighted by atomic mass is 35.5. The zero-order valence-electron chi connectivity index (χ0n) is 8.23. The van der Waals surface area contributed by atoms with Crippen molar-refractivity contribution in [1.29, 1.82) is 0 Å². The average molecular weight is 214 g/mol. The van der Waals surface area contributed by atoms with Crippen LogP contribution in [0.3, 0.4) is 0 Å². The summed E-state index contributed by atoms with van der Waals surface area (Å²) in [4.78, 5) is 0. The molecule has 1 aromatic carbocycles. The molecule has 0 radical (unpaired) electrons. The van der Waals surface area contributed by atoms with Gasteiger partial charge in [0.25, 0.3) is 0 Å². The highest BCUT2D eigenvalue weighted by molar-refractivity contribution is 5.85. The molecule has 0 spiro atoms. The highest BCUT2D eigenvalue weighted by Gasteiger charge is 2.25. The van der Waals surface area contributed by atoms with Crippen molar-refractivity contribution in [1.82, 2.24) is 5.32 Å². The third-order valence-corrected chi connectivity index (χ3v) is 2.63. The molecule has 1 aliphatic heterocycles. The molecule has 1 aromatic rings. The van der Waals surface area contributed by atoms with Gasteiger partial charge in [-0.25, -0.2) is 0 Å². The predicted octanol–water partition coefficient (Wildman–Crippen LogP) is 1.81. The van der Waals surface area contributed by atoms with Gasteiger partial charge in [-0.15, -0.1) is 12.4 Å². The molecule has 1 saturated heterocycles. The summed E-state index contributed by atoms with van der Waals surface area (Å²) in [5.74, 6) is 0. The smallest absolute Gasteiger partial charge is 0.0747 e. The Morgan fingerprint density at radius 3 is 2.43 bits per heavy atom. The summed E-state index contributed by atoms with van der Waals surface area (Å²) in [5.41, 5.74) is 2.45. The van der Waals surface area contributed by atoms with E-state index in [-0.39, 0.29) is 24.6 Å². The molecule has 1 heterocycles. The number of hydrogen-bond donors (Lipinski definition) is 2. The van der Waals surface area contributed by atoms with Gasteiger partial charge in [-0.2, -0.15) is 0 Å². The van der Waals surface area contributed by atoms with Crippen LogP contribution in [0.25, 0.3) is 0 Å². The van der Waals surface area contributed by atoms with E-state index >= 15 is 0 Å². The number of aryl methyl sites for hydroxylation is 1. The largest absolute Gasteiger partial charge is 0.391 e. The normalized spacial score (nSPS) is 25.9. The monoisotopic (exact) mass is 213 g/mol. The number of hydrogen-bond acceptors (Lipinski definition) is 2. The summed E-state index contributed by atoms with van der Waals surface area (Å²) < 4.78 is 0. The zero-order valence-corrected chi connectivity index (χ0v) is 9.05. The molecule has 2 N–H and O–H groups in total. The predicted molar refractivity (Wildman–Crippen MR) is 59.8 cm³/mol. The van der Waals surface area contributed by atoms with Crippen LogP contribution < -0.4 is 5.32 Å². The van der Waals surface area contributed by atoms with Gasteiger partial charge < -0.3 is 10.4 Å². The lowest BCUT2D eigenvalue weighted by Crippen LogP contribution is -2.20. The van der Waals surface area contributed by atoms with Gasteiger partial charge in [-0.3, -0.25) is 0 Å². The van der Waals surface area contributed by atoms with E-state index < -0.39 is 0 Å². The van der Waals surface area contributed by atoms with E-state index in [0.29, 0.717) is 0 Å². The molecule has 2 nitrogen and oxygen atoms in total. The quantitative estimate of drug-likeness (QED) is 0.746. The van der Waals surface area contributed by atoms with Crippen LogP contribution in [0.2, 0.25) is 0 Å². The number of aliphatic hydroxyl groups is 1. The minimum absolute atomic E-state index is 0. The van der Waals surface area contributed by atoms with Crippen molar-refractivity contribution < 1.29 is 5.11 Å². The summed E-state index contributed by atoms with van der Waals surface area (Å²) in [5, 5.41) is 12.9. The van der Waals surface area contributed by atoms with E-state index in [2.05, 4.69) is 36.5 Å². The van der Waals surface area contributed by atoms with Crippen LogP contribution in [0.15, 0.2) is 24.3 Å². The Kier molecular flexibility index (Phi) is 3.93. The Morgan fingerprint density at radius 1 is 1.29 bits per heavy atom. The van der Waals surface area contributed by atoms with Crippen molar-refractivity contribution in [2.24, 2.45) is 0 Å². The van der Waals surface area contributed by atoms with Crippen molar-refractivity contribution in [2.45, 2.75) is 25.5 Å². The molecule has 14 heavy (non-hydrogen) atoms. The van der Waals surface area contributed by atoms with Crippen molar-refractivity contribution in [3.05, 3.63) is 35.4 Å². The Labute approximate surface area is 90.7 Å². The maximum absolute atomic E-state index is 9.65. The van der Waals surface area contributed by atoms with E-state index in [0.717, 1.165) is 13.0 Å². The van der Waals surface area contributed by atoms with Gasteiger partial charge in [0, 0.05) is 0 Å². The molecule has 0 saturated carbocycles. The van der Waals surface area contributed by atoms with Crippen molar-refractivity contribution in [2.75, 3.05) is 6.54 Å². The molecule has 1 fully saturated rings. The van der Waals surface area contributed by atoms with Gasteiger partial charge >= 0.3 is 0 Å². The fourth-order valence-electron chi connectivity index (χ4n) is 1.80. The lowest BCUT2D eigenvalue weighted by Gasteiger charge is -2.14. The first-order valence-corrected chi connectivity index (χ1v) is 4.75. The Morgan fingerprint density at radius 2 is 1.93 bits per heavy atom. The molecule has 2 rings (SSSR count). The molecule has 0 aromatic heterocycles. The molecular formula is C11H16ClNO. The minimum Gasteiger partial charge on any atom is -0.391 e. The Bertz CT molecular complexity index is 286. The third kappa shape index (κ3) is 2.27. The van der Waals surface area contributed by atoms with Gasteiger partial charge in [0.1, 0.15) is 0 Å². The van der Waals surface area contributed by atoms with Crippen LogP contribution >= 0.6 is 12.4 Å². The molecule has 2 atom stereocenters. The summed E-state index contributed by atoms with van der Waals surface area (Å²) in [7, 11) is 0. The van der Waals surface area contributed by atoms with Gasteiger partial charge in [0.05, 0.1) is 12.1 Å². The molecule has 0 bridgehead atoms. The number of halogens is 1. The van der Waals surface area contributed by atoms with Crippen molar-refractivity contribution >= 4 is 12.4 Å². The number of nitrogens with one attached hydrogen (secondary N) is 1. The second-order valence-corrected chi connectivity index (χ2v) is 3.70. The Hall–Kier alpha value is -0.570. The molecule has 78 valence electrons. The molecule has 1 aliphatic rings. The maximum Gasteiger partial charge on any atom is 0.0747 e. The van der Waals surface area contributed by atoms with Crippen molar-refractivity contribution in [3.63, 3.8) is 0 Å². The fraction of sp³-hybridized carbons (Fsp3) is 0.455. The van der Waals surface area contributed by atoms with E-state index in [1.54, 1.807) is 0 Å². The third-order valence-electron chi connectivity index (χ3n) is 2.63. The number of benzene rings is 1. The van der Waals surface area contributed by atoms with E-state index in [9.17, 15) is 5.11 Å². The summed E-state index contributed by atoms with van der Waals surface area (Å²) in [6, 6.07) is 8.48. The zero-order chi connectivity index (χ0) is 9.26. The van der Waals surface area contributed by atoms with Crippen LogP contribution in [0.5, 0.6) is 0 Å². The van der Waals surface area contributed by atoms with Gasteiger partial charge in [-0.05, 0) is 25.5 Å². The first-order valence-electron chi connectivity index (χ1n) is 4.75. The van der Waals surface area contributed by atoms with Gasteiger partial charge in [0.15, 0.2) is 0 Å². The topological polar surface area (TPSA) is 32.3 Å². The van der Waals surface area contributed by atoms with Crippen LogP contribution in [-0.2, 0) is 0 Å². The lowest BCUT2D eigenvalue weighted by atomic mass is 10.0. The van der Waals surface area contributed by atoms with Gasteiger partial charge in [0.2, 0.25) is 0 Å². The highest BCUT2D eigenvalue weighted by Crippen LogP contribution is 2.23. The Balaban J connectivity index is 0.000000980. The number of rotatable bonds is 1. The van der Waals surface area contributed by atoms with Crippen molar-refractivity contribution in [3.8, 4) is 0 Å². The average Bonchev–Trinajstić information content (AvgIpc) is 2.53. The maximum atomic E-state index is 9.65. The SMILES string of the molecule is Cc1ccc(C2NCCC2O)cc1.Cl. The second-order valence-electron chi connectivity index (χ2n) is 3.70. The van der Waals surface area contributed by atoms with Crippen LogP contribution in [0.4, 0.5) is 0 Å². The van der Waals surface area contributed by atoms with Crippen LogP contribution in [-0.4, -0.2) is 17.8 Å². The van der Waals surface area contributed by atoms with Gasteiger partial charge in [-0.1, -0.05) is 29.8 Å². The minimum atomic E-state index is -0.220. The van der Waals surface area contributed by atoms with Crippen LogP contribution in [0, 0.1) is 6.92 Å². The fourth-order valence-corrected chi connectivity index (χ4v) is 1.80. The first kappa shape index (κ1) is 11.5. The number of aliphatic hydroxyl groups excluding tert-OH is 1. The summed E-state index contributed by atoms with van der Waals surface area (Å²) in [6.45, 7) is 2.99. The summed E-state index contributed by atoms with van der Waals surface area (Å²) in [6.07, 6.45) is 0.640. The van der Waals surface area contributed by atoms with E-state index in [1.807, 2.05) is 0 Å². The molecule has 0 amide bonds. The molecular weight excluding hydrogens is 198 g/mol. The van der Waals surface area contributed by atoms with Crippen LogP contribution in [0.1, 0.15) is 23.6 Å². The molecule has 0 aliphatic carbocycles. The molecule has 2 unspecified atom stereocenters. The molecule has 3 heteroatoms. The summed E-state index contributed by atoms with van der Waals surface area (Å²) >= 11 is 0.